The Bertz CT molecular complexity index is 868. The molecule has 0 spiro atoms. The fourth-order valence-electron chi connectivity index (χ4n) is 3.50. The fraction of sp³-hybridized carbons (Fsp3) is 0.350. The summed E-state index contributed by atoms with van der Waals surface area (Å²) >= 11 is 1.63. The summed E-state index contributed by atoms with van der Waals surface area (Å²) in [6.07, 6.45) is -0.705. The van der Waals surface area contributed by atoms with E-state index in [2.05, 4.69) is 22.1 Å². The first-order valence-electron chi connectivity index (χ1n) is 9.08. The van der Waals surface area contributed by atoms with Gasteiger partial charge in [-0.2, -0.15) is 24.5 Å². The summed E-state index contributed by atoms with van der Waals surface area (Å²) in [7, 11) is 0. The van der Waals surface area contributed by atoms with Crippen molar-refractivity contribution in [1.29, 1.82) is 0 Å². The lowest BCUT2D eigenvalue weighted by atomic mass is 9.99. The van der Waals surface area contributed by atoms with E-state index in [4.69, 9.17) is 9.47 Å². The van der Waals surface area contributed by atoms with Crippen molar-refractivity contribution in [2.24, 2.45) is 5.92 Å². The summed E-state index contributed by atoms with van der Waals surface area (Å²) in [6.45, 7) is 0.827. The number of urea groups is 1. The molecular weight excluding hydrogens is 405 g/mol. The van der Waals surface area contributed by atoms with Crippen LogP contribution < -0.4 is 10.6 Å². The second kappa shape index (κ2) is 8.17. The Hall–Kier alpha value is -2.36. The molecule has 0 aliphatic carbocycles. The van der Waals surface area contributed by atoms with Gasteiger partial charge in [-0.1, -0.05) is 12.2 Å². The number of fused-ring (bicyclic) bond motifs is 1. The highest BCUT2D eigenvalue weighted by Gasteiger charge is 2.47. The summed E-state index contributed by atoms with van der Waals surface area (Å²) in [5, 5.41) is 9.39. The van der Waals surface area contributed by atoms with Crippen LogP contribution in [0.3, 0.4) is 0 Å². The molecule has 2 aliphatic heterocycles. The van der Waals surface area contributed by atoms with Crippen molar-refractivity contribution in [1.82, 2.24) is 5.32 Å². The molecule has 0 radical (unpaired) electrons. The van der Waals surface area contributed by atoms with Gasteiger partial charge in [0, 0.05) is 11.6 Å². The van der Waals surface area contributed by atoms with Crippen LogP contribution in [0.5, 0.6) is 0 Å². The maximum absolute atomic E-state index is 12.6. The van der Waals surface area contributed by atoms with Crippen LogP contribution in [0.25, 0.3) is 6.08 Å². The minimum absolute atomic E-state index is 0.102. The predicted molar refractivity (Wildman–Crippen MR) is 104 cm³/mol. The molecule has 1 aromatic heterocycles. The Labute approximate surface area is 169 Å². The lowest BCUT2D eigenvalue weighted by Gasteiger charge is -2.18. The number of alkyl halides is 3. The Morgan fingerprint density at radius 3 is 2.55 bits per heavy atom. The molecule has 2 N–H and O–H groups in total. The predicted octanol–water partition coefficient (Wildman–Crippen LogP) is 4.38. The topological polar surface area (TPSA) is 59.6 Å². The Balaban J connectivity index is 1.31. The molecule has 2 saturated heterocycles. The maximum Gasteiger partial charge on any atom is 0.416 e. The molecule has 3 heterocycles. The molecular formula is C20H19F3N2O3S. The highest BCUT2D eigenvalue weighted by Crippen LogP contribution is 2.33. The number of anilines is 1. The molecule has 154 valence electrons. The van der Waals surface area contributed by atoms with Gasteiger partial charge in [0.25, 0.3) is 0 Å². The SMILES string of the molecule is O=C(Nc1ccc(C(F)(F)F)cc1)N[C@H]1CO[C@H]2[C@@H]1OC[C@@H]2C=Cc1ccsc1. The molecule has 0 unspecified atom stereocenters. The number of halogens is 3. The molecule has 4 atom stereocenters. The van der Waals surface area contributed by atoms with Crippen LogP contribution in [0.15, 0.2) is 47.2 Å². The van der Waals surface area contributed by atoms with E-state index >= 15 is 0 Å². The third-order valence-corrected chi connectivity index (χ3v) is 5.66. The van der Waals surface area contributed by atoms with E-state index in [0.29, 0.717) is 13.2 Å². The van der Waals surface area contributed by atoms with E-state index < -0.39 is 17.8 Å². The average molecular weight is 424 g/mol. The molecule has 4 rings (SSSR count). The zero-order chi connectivity index (χ0) is 20.4. The molecule has 2 fully saturated rings. The summed E-state index contributed by atoms with van der Waals surface area (Å²) in [5.74, 6) is 0.102. The highest BCUT2D eigenvalue weighted by molar-refractivity contribution is 7.08. The van der Waals surface area contributed by atoms with Crippen molar-refractivity contribution in [3.05, 3.63) is 58.3 Å². The fourth-order valence-corrected chi connectivity index (χ4v) is 4.13. The first-order chi connectivity index (χ1) is 13.9. The van der Waals surface area contributed by atoms with Crippen LogP contribution in [0.1, 0.15) is 11.1 Å². The van der Waals surface area contributed by atoms with Gasteiger partial charge in [0.1, 0.15) is 6.10 Å². The zero-order valence-corrected chi connectivity index (χ0v) is 16.0. The number of carbonyl (C=O) groups is 1. The number of hydrogen-bond donors (Lipinski definition) is 2. The van der Waals surface area contributed by atoms with Crippen LogP contribution >= 0.6 is 11.3 Å². The van der Waals surface area contributed by atoms with Gasteiger partial charge in [0.15, 0.2) is 0 Å². The molecule has 0 saturated carbocycles. The minimum atomic E-state index is -4.41. The van der Waals surface area contributed by atoms with Crippen molar-refractivity contribution in [2.45, 2.75) is 24.4 Å². The smallest absolute Gasteiger partial charge is 0.373 e. The van der Waals surface area contributed by atoms with E-state index in [1.165, 1.54) is 12.1 Å². The highest BCUT2D eigenvalue weighted by atomic mass is 32.1. The van der Waals surface area contributed by atoms with E-state index in [-0.39, 0.29) is 29.9 Å². The van der Waals surface area contributed by atoms with Crippen molar-refractivity contribution in [3.63, 3.8) is 0 Å². The number of carbonyl (C=O) groups excluding carboxylic acids is 1. The summed E-state index contributed by atoms with van der Waals surface area (Å²) in [4.78, 5) is 12.2. The normalized spacial score (nSPS) is 26.6. The van der Waals surface area contributed by atoms with Crippen LogP contribution in [0, 0.1) is 5.92 Å². The minimum Gasteiger partial charge on any atom is -0.373 e. The quantitative estimate of drug-likeness (QED) is 0.766. The van der Waals surface area contributed by atoms with Gasteiger partial charge in [-0.05, 0) is 46.7 Å². The van der Waals surface area contributed by atoms with Crippen LogP contribution in [-0.2, 0) is 15.7 Å². The van der Waals surface area contributed by atoms with Gasteiger partial charge >= 0.3 is 12.2 Å². The first-order valence-corrected chi connectivity index (χ1v) is 10.0. The Morgan fingerprint density at radius 1 is 1.10 bits per heavy atom. The molecule has 0 bridgehead atoms. The second-order valence-electron chi connectivity index (χ2n) is 6.96. The van der Waals surface area contributed by atoms with Gasteiger partial charge in [0.2, 0.25) is 0 Å². The number of benzene rings is 1. The summed E-state index contributed by atoms with van der Waals surface area (Å²) in [6, 6.07) is 5.47. The third-order valence-electron chi connectivity index (χ3n) is 4.96. The Kier molecular flexibility index (Phi) is 5.62. The van der Waals surface area contributed by atoms with Crippen molar-refractivity contribution in [3.8, 4) is 0 Å². The Morgan fingerprint density at radius 2 is 1.86 bits per heavy atom. The molecule has 1 aromatic carbocycles. The number of ether oxygens (including phenoxy) is 2. The molecule has 29 heavy (non-hydrogen) atoms. The monoisotopic (exact) mass is 424 g/mol. The van der Waals surface area contributed by atoms with Crippen LogP contribution in [-0.4, -0.2) is 37.5 Å². The van der Waals surface area contributed by atoms with Crippen LogP contribution in [0.2, 0.25) is 0 Å². The zero-order valence-electron chi connectivity index (χ0n) is 15.2. The van der Waals surface area contributed by atoms with Crippen molar-refractivity contribution >= 4 is 29.1 Å². The lowest BCUT2D eigenvalue weighted by molar-refractivity contribution is -0.137. The number of rotatable bonds is 4. The van der Waals surface area contributed by atoms with E-state index in [9.17, 15) is 18.0 Å². The van der Waals surface area contributed by atoms with Gasteiger partial charge in [-0.3, -0.25) is 0 Å². The first kappa shape index (κ1) is 19.9. The van der Waals surface area contributed by atoms with E-state index in [1.54, 1.807) is 11.3 Å². The second-order valence-corrected chi connectivity index (χ2v) is 7.74. The number of amides is 2. The van der Waals surface area contributed by atoms with Gasteiger partial charge in [-0.25, -0.2) is 4.79 Å². The van der Waals surface area contributed by atoms with E-state index in [0.717, 1.165) is 17.7 Å². The molecule has 9 heteroatoms. The van der Waals surface area contributed by atoms with Gasteiger partial charge < -0.3 is 20.1 Å². The summed E-state index contributed by atoms with van der Waals surface area (Å²) < 4.78 is 49.5. The number of nitrogens with one attached hydrogen (secondary N) is 2. The maximum atomic E-state index is 12.6. The largest absolute Gasteiger partial charge is 0.416 e. The third kappa shape index (κ3) is 4.63. The summed E-state index contributed by atoms with van der Waals surface area (Å²) in [5.41, 5.74) is 0.633. The number of hydrogen-bond acceptors (Lipinski definition) is 4. The molecule has 5 nitrogen and oxygen atoms in total. The molecule has 2 aliphatic rings. The van der Waals surface area contributed by atoms with Crippen molar-refractivity contribution < 1.29 is 27.4 Å². The van der Waals surface area contributed by atoms with Gasteiger partial charge in [0.05, 0.1) is 30.9 Å². The average Bonchev–Trinajstić information content (AvgIpc) is 3.39. The lowest BCUT2D eigenvalue weighted by Crippen LogP contribution is -2.45. The van der Waals surface area contributed by atoms with Crippen LogP contribution in [0.4, 0.5) is 23.7 Å². The molecule has 2 aromatic rings. The van der Waals surface area contributed by atoms with E-state index in [1.807, 2.05) is 17.5 Å². The molecule has 2 amide bonds. The van der Waals surface area contributed by atoms with Gasteiger partial charge in [-0.15, -0.1) is 0 Å². The van der Waals surface area contributed by atoms with Crippen molar-refractivity contribution in [2.75, 3.05) is 18.5 Å². The number of thiophene rings is 1. The standard InChI is InChI=1S/C20H19F3N2O3S/c21-20(22,23)14-3-5-15(6-4-14)24-19(26)25-16-10-28-17-13(9-27-18(16)17)2-1-12-7-8-29-11-12/h1-8,11,13,16-18H,9-10H2,(H2,24,25,26)/t13-,16-,17+,18+/m0/s1.